The lowest BCUT2D eigenvalue weighted by atomic mass is 9.94. The predicted octanol–water partition coefficient (Wildman–Crippen LogP) is 6.64. The van der Waals surface area contributed by atoms with E-state index in [1.165, 1.54) is 5.56 Å². The maximum atomic E-state index is 12.8. The fraction of sp³-hybridized carbons (Fsp3) is 0.440. The smallest absolute Gasteiger partial charge is 0.434 e. The summed E-state index contributed by atoms with van der Waals surface area (Å²) in [4.78, 5) is 24.8. The molecule has 30 heavy (non-hydrogen) atoms. The fourth-order valence-electron chi connectivity index (χ4n) is 3.08. The van der Waals surface area contributed by atoms with Crippen molar-refractivity contribution in [3.05, 3.63) is 58.7 Å². The summed E-state index contributed by atoms with van der Waals surface area (Å²) in [6.45, 7) is 12.1. The van der Waals surface area contributed by atoms with Crippen LogP contribution in [0.3, 0.4) is 0 Å². The summed E-state index contributed by atoms with van der Waals surface area (Å²) in [5.41, 5.74) is 3.40. The van der Waals surface area contributed by atoms with Crippen LogP contribution < -0.4 is 9.47 Å². The van der Waals surface area contributed by atoms with Gasteiger partial charge in [-0.05, 0) is 54.5 Å². The number of ether oxygens (including phenoxy) is 3. The van der Waals surface area contributed by atoms with Crippen molar-refractivity contribution in [3.63, 3.8) is 0 Å². The van der Waals surface area contributed by atoms with Crippen molar-refractivity contribution in [1.82, 2.24) is 0 Å². The molecule has 0 bridgehead atoms. The average molecular weight is 413 g/mol. The monoisotopic (exact) mass is 412 g/mol. The zero-order chi connectivity index (χ0) is 22.3. The minimum atomic E-state index is -0.821. The van der Waals surface area contributed by atoms with Crippen molar-refractivity contribution < 1.29 is 23.8 Å². The second-order valence-electron chi connectivity index (χ2n) is 7.87. The molecule has 0 heterocycles. The lowest BCUT2D eigenvalue weighted by Crippen LogP contribution is -2.15. The Labute approximate surface area is 179 Å². The molecule has 0 unspecified atom stereocenters. The van der Waals surface area contributed by atoms with Crippen LogP contribution in [0.15, 0.2) is 36.4 Å². The SMILES string of the molecule is CCCc1ccc(C(=O)Oc2cc(C(C)C)cc(C(C)C)c2OC(=O)OCC)cc1. The Hall–Kier alpha value is -2.82. The van der Waals surface area contributed by atoms with E-state index >= 15 is 0 Å². The first-order valence-corrected chi connectivity index (χ1v) is 10.6. The zero-order valence-electron chi connectivity index (χ0n) is 18.8. The van der Waals surface area contributed by atoms with E-state index in [1.54, 1.807) is 25.1 Å². The molecule has 0 radical (unpaired) electrons. The van der Waals surface area contributed by atoms with Crippen LogP contribution in [-0.2, 0) is 11.2 Å². The Morgan fingerprint density at radius 3 is 2.10 bits per heavy atom. The van der Waals surface area contributed by atoms with Crippen molar-refractivity contribution in [2.75, 3.05) is 6.61 Å². The third kappa shape index (κ3) is 6.09. The lowest BCUT2D eigenvalue weighted by Gasteiger charge is -2.19. The molecule has 2 rings (SSSR count). The number of carbonyl (C=O) groups excluding carboxylic acids is 2. The number of benzene rings is 2. The van der Waals surface area contributed by atoms with Crippen LogP contribution in [0.2, 0.25) is 0 Å². The zero-order valence-corrected chi connectivity index (χ0v) is 18.8. The fourth-order valence-corrected chi connectivity index (χ4v) is 3.08. The molecule has 5 nitrogen and oxygen atoms in total. The molecule has 0 aromatic heterocycles. The van der Waals surface area contributed by atoms with Crippen molar-refractivity contribution in [2.24, 2.45) is 0 Å². The summed E-state index contributed by atoms with van der Waals surface area (Å²) in [5.74, 6) is 0.218. The largest absolute Gasteiger partial charge is 0.513 e. The summed E-state index contributed by atoms with van der Waals surface area (Å²) >= 11 is 0. The first-order chi connectivity index (χ1) is 14.3. The quantitative estimate of drug-likeness (QED) is 0.276. The Bertz CT molecular complexity index is 866. The van der Waals surface area contributed by atoms with E-state index in [9.17, 15) is 9.59 Å². The van der Waals surface area contributed by atoms with Crippen LogP contribution >= 0.6 is 0 Å². The summed E-state index contributed by atoms with van der Waals surface area (Å²) in [6.07, 6.45) is 1.18. The summed E-state index contributed by atoms with van der Waals surface area (Å²) in [5, 5.41) is 0. The number of aryl methyl sites for hydroxylation is 1. The first-order valence-electron chi connectivity index (χ1n) is 10.6. The van der Waals surface area contributed by atoms with E-state index in [0.717, 1.165) is 24.0 Å². The molecule has 0 N–H and O–H groups in total. The molecule has 5 heteroatoms. The molecule has 0 aliphatic rings. The van der Waals surface area contributed by atoms with Gasteiger partial charge in [-0.15, -0.1) is 0 Å². The van der Waals surface area contributed by atoms with Gasteiger partial charge in [0.05, 0.1) is 12.2 Å². The van der Waals surface area contributed by atoms with Crippen LogP contribution in [0.4, 0.5) is 4.79 Å². The predicted molar refractivity (Wildman–Crippen MR) is 118 cm³/mol. The van der Waals surface area contributed by atoms with Gasteiger partial charge in [0.2, 0.25) is 0 Å². The standard InChI is InChI=1S/C25H32O5/c1-7-9-18-10-12-19(13-11-18)24(26)29-22-15-20(16(3)4)14-21(17(5)6)23(22)30-25(27)28-8-2/h10-17H,7-9H2,1-6H3. The van der Waals surface area contributed by atoms with Crippen LogP contribution in [-0.4, -0.2) is 18.7 Å². The van der Waals surface area contributed by atoms with E-state index in [1.807, 2.05) is 32.0 Å². The molecule has 0 aliphatic heterocycles. The Kier molecular flexibility index (Phi) is 8.46. The maximum Gasteiger partial charge on any atom is 0.513 e. The molecule has 162 valence electrons. The average Bonchev–Trinajstić information content (AvgIpc) is 2.69. The van der Waals surface area contributed by atoms with Gasteiger partial charge in [0.15, 0.2) is 11.5 Å². The summed E-state index contributed by atoms with van der Waals surface area (Å²) in [6, 6.07) is 11.1. The van der Waals surface area contributed by atoms with Gasteiger partial charge in [-0.1, -0.05) is 59.2 Å². The van der Waals surface area contributed by atoms with Gasteiger partial charge in [0, 0.05) is 5.56 Å². The Balaban J connectivity index is 2.43. The third-order valence-electron chi connectivity index (χ3n) is 4.77. The van der Waals surface area contributed by atoms with Gasteiger partial charge in [-0.25, -0.2) is 9.59 Å². The summed E-state index contributed by atoms with van der Waals surface area (Å²) < 4.78 is 16.1. The van der Waals surface area contributed by atoms with Crippen LogP contribution in [0.25, 0.3) is 0 Å². The highest BCUT2D eigenvalue weighted by Crippen LogP contribution is 2.39. The van der Waals surface area contributed by atoms with E-state index in [-0.39, 0.29) is 29.9 Å². The van der Waals surface area contributed by atoms with Crippen molar-refractivity contribution in [2.45, 2.75) is 66.2 Å². The molecule has 0 saturated carbocycles. The topological polar surface area (TPSA) is 61.8 Å². The van der Waals surface area contributed by atoms with Crippen molar-refractivity contribution >= 4 is 12.1 Å². The number of carbonyl (C=O) groups is 2. The van der Waals surface area contributed by atoms with Crippen LogP contribution in [0, 0.1) is 0 Å². The van der Waals surface area contributed by atoms with Gasteiger partial charge in [0.25, 0.3) is 0 Å². The van der Waals surface area contributed by atoms with Crippen molar-refractivity contribution in [3.8, 4) is 11.5 Å². The molecule has 0 atom stereocenters. The number of esters is 1. The van der Waals surface area contributed by atoms with Gasteiger partial charge in [-0.2, -0.15) is 0 Å². The number of hydrogen-bond donors (Lipinski definition) is 0. The molecular formula is C25H32O5. The molecule has 0 saturated heterocycles. The highest BCUT2D eigenvalue weighted by atomic mass is 16.7. The molecule has 0 amide bonds. The molecule has 2 aromatic carbocycles. The van der Waals surface area contributed by atoms with Gasteiger partial charge in [-0.3, -0.25) is 0 Å². The number of hydrogen-bond acceptors (Lipinski definition) is 5. The Morgan fingerprint density at radius 2 is 1.57 bits per heavy atom. The van der Waals surface area contributed by atoms with Gasteiger partial charge in [0.1, 0.15) is 0 Å². The van der Waals surface area contributed by atoms with Gasteiger partial charge >= 0.3 is 12.1 Å². The minimum Gasteiger partial charge on any atom is -0.434 e. The third-order valence-corrected chi connectivity index (χ3v) is 4.77. The van der Waals surface area contributed by atoms with E-state index in [4.69, 9.17) is 14.2 Å². The molecule has 0 fully saturated rings. The minimum absolute atomic E-state index is 0.0545. The van der Waals surface area contributed by atoms with Gasteiger partial charge < -0.3 is 14.2 Å². The lowest BCUT2D eigenvalue weighted by molar-refractivity contribution is 0.0717. The maximum absolute atomic E-state index is 12.8. The van der Waals surface area contributed by atoms with E-state index in [2.05, 4.69) is 20.8 Å². The molecular weight excluding hydrogens is 380 g/mol. The van der Waals surface area contributed by atoms with Crippen LogP contribution in [0.5, 0.6) is 11.5 Å². The molecule has 0 aliphatic carbocycles. The highest BCUT2D eigenvalue weighted by Gasteiger charge is 2.23. The second-order valence-corrected chi connectivity index (χ2v) is 7.87. The van der Waals surface area contributed by atoms with Crippen molar-refractivity contribution in [1.29, 1.82) is 0 Å². The van der Waals surface area contributed by atoms with E-state index < -0.39 is 12.1 Å². The first kappa shape index (κ1) is 23.5. The summed E-state index contributed by atoms with van der Waals surface area (Å²) in [7, 11) is 0. The Morgan fingerprint density at radius 1 is 0.900 bits per heavy atom. The molecule has 2 aromatic rings. The van der Waals surface area contributed by atoms with E-state index in [0.29, 0.717) is 5.56 Å². The number of rotatable bonds is 8. The van der Waals surface area contributed by atoms with Crippen LogP contribution in [0.1, 0.15) is 86.8 Å². The highest BCUT2D eigenvalue weighted by molar-refractivity contribution is 5.91. The molecule has 0 spiro atoms. The second kappa shape index (κ2) is 10.8. The normalized spacial score (nSPS) is 10.9.